The van der Waals surface area contributed by atoms with Gasteiger partial charge in [0.2, 0.25) is 0 Å². The standard InChI is InChI=1S/C21H21N3O2S2/c1-15-8-9-19(14-16(15)2)24-28(25,26)20-12-10-18(11-13-20)23-21(27)22-17-6-4-3-5-7-17/h3-14,24H,1-2H3,(H2,22,23,27). The van der Waals surface area contributed by atoms with Gasteiger partial charge in [0, 0.05) is 17.1 Å². The molecule has 0 bridgehead atoms. The molecule has 144 valence electrons. The molecule has 0 saturated heterocycles. The van der Waals surface area contributed by atoms with Gasteiger partial charge in [0.05, 0.1) is 4.90 Å². The summed E-state index contributed by atoms with van der Waals surface area (Å²) in [6.07, 6.45) is 0. The normalized spacial score (nSPS) is 10.9. The lowest BCUT2D eigenvalue weighted by molar-refractivity contribution is 0.601. The molecule has 0 aromatic heterocycles. The first kappa shape index (κ1) is 19.9. The summed E-state index contributed by atoms with van der Waals surface area (Å²) in [6.45, 7) is 3.93. The van der Waals surface area contributed by atoms with E-state index >= 15 is 0 Å². The van der Waals surface area contributed by atoms with Gasteiger partial charge in [-0.2, -0.15) is 0 Å². The second-order valence-electron chi connectivity index (χ2n) is 6.37. The molecule has 0 radical (unpaired) electrons. The maximum absolute atomic E-state index is 12.6. The Labute approximate surface area is 170 Å². The lowest BCUT2D eigenvalue weighted by Crippen LogP contribution is -2.19. The zero-order chi connectivity index (χ0) is 20.1. The summed E-state index contributed by atoms with van der Waals surface area (Å²) in [5, 5.41) is 6.53. The molecule has 3 aromatic rings. The van der Waals surface area contributed by atoms with Crippen LogP contribution in [-0.2, 0) is 10.0 Å². The van der Waals surface area contributed by atoms with Gasteiger partial charge < -0.3 is 10.6 Å². The van der Waals surface area contributed by atoms with E-state index in [9.17, 15) is 8.42 Å². The number of rotatable bonds is 5. The van der Waals surface area contributed by atoms with Crippen LogP contribution in [-0.4, -0.2) is 13.5 Å². The molecule has 0 amide bonds. The van der Waals surface area contributed by atoms with Gasteiger partial charge in [0.25, 0.3) is 10.0 Å². The number of aryl methyl sites for hydroxylation is 2. The Balaban J connectivity index is 1.67. The molecule has 3 rings (SSSR count). The number of benzene rings is 3. The van der Waals surface area contributed by atoms with E-state index in [1.807, 2.05) is 56.3 Å². The van der Waals surface area contributed by atoms with Crippen LogP contribution < -0.4 is 15.4 Å². The number of para-hydroxylation sites is 1. The summed E-state index contributed by atoms with van der Waals surface area (Å²) < 4.78 is 27.8. The quantitative estimate of drug-likeness (QED) is 0.520. The van der Waals surface area contributed by atoms with Crippen molar-refractivity contribution < 1.29 is 8.42 Å². The predicted molar refractivity (Wildman–Crippen MR) is 119 cm³/mol. The van der Waals surface area contributed by atoms with Gasteiger partial charge in [-0.15, -0.1) is 0 Å². The molecule has 3 N–H and O–H groups in total. The first-order valence-electron chi connectivity index (χ1n) is 8.67. The van der Waals surface area contributed by atoms with Crippen LogP contribution in [0.4, 0.5) is 17.1 Å². The molecule has 0 aliphatic carbocycles. The summed E-state index contributed by atoms with van der Waals surface area (Å²) in [5.74, 6) is 0. The van der Waals surface area contributed by atoms with Crippen molar-refractivity contribution in [3.05, 3.63) is 83.9 Å². The van der Waals surface area contributed by atoms with Crippen LogP contribution in [0.3, 0.4) is 0 Å². The smallest absolute Gasteiger partial charge is 0.261 e. The van der Waals surface area contributed by atoms with Crippen LogP contribution in [0.25, 0.3) is 0 Å². The SMILES string of the molecule is Cc1ccc(NS(=O)(=O)c2ccc(NC(=S)Nc3ccccc3)cc2)cc1C. The van der Waals surface area contributed by atoms with Gasteiger partial charge in [-0.05, 0) is 85.7 Å². The molecule has 0 aliphatic rings. The van der Waals surface area contributed by atoms with Gasteiger partial charge >= 0.3 is 0 Å². The Morgan fingerprint density at radius 3 is 1.93 bits per heavy atom. The molecule has 28 heavy (non-hydrogen) atoms. The van der Waals surface area contributed by atoms with E-state index in [4.69, 9.17) is 12.2 Å². The first-order valence-corrected chi connectivity index (χ1v) is 10.6. The number of nitrogens with one attached hydrogen (secondary N) is 3. The molecule has 0 aliphatic heterocycles. The highest BCUT2D eigenvalue weighted by molar-refractivity contribution is 7.92. The monoisotopic (exact) mass is 411 g/mol. The highest BCUT2D eigenvalue weighted by atomic mass is 32.2. The van der Waals surface area contributed by atoms with Crippen LogP contribution in [0.1, 0.15) is 11.1 Å². The third kappa shape index (κ3) is 5.09. The van der Waals surface area contributed by atoms with Crippen molar-refractivity contribution in [2.45, 2.75) is 18.7 Å². The second kappa shape index (κ2) is 8.41. The van der Waals surface area contributed by atoms with E-state index < -0.39 is 10.0 Å². The van der Waals surface area contributed by atoms with Crippen molar-refractivity contribution in [2.24, 2.45) is 0 Å². The molecule has 0 heterocycles. The van der Waals surface area contributed by atoms with E-state index in [0.29, 0.717) is 16.5 Å². The zero-order valence-electron chi connectivity index (χ0n) is 15.6. The first-order chi connectivity index (χ1) is 13.3. The fraction of sp³-hybridized carbons (Fsp3) is 0.0952. The molecule has 3 aromatic carbocycles. The predicted octanol–water partition coefficient (Wildman–Crippen LogP) is 4.91. The van der Waals surface area contributed by atoms with Gasteiger partial charge in [-0.3, -0.25) is 4.72 Å². The molecule has 0 unspecified atom stereocenters. The minimum Gasteiger partial charge on any atom is -0.332 e. The fourth-order valence-electron chi connectivity index (χ4n) is 2.55. The number of hydrogen-bond acceptors (Lipinski definition) is 3. The van der Waals surface area contributed by atoms with E-state index in [1.165, 1.54) is 12.1 Å². The average molecular weight is 412 g/mol. The van der Waals surface area contributed by atoms with Gasteiger partial charge in [-0.25, -0.2) is 8.42 Å². The molecule has 5 nitrogen and oxygen atoms in total. The number of sulfonamides is 1. The van der Waals surface area contributed by atoms with Crippen molar-refractivity contribution in [2.75, 3.05) is 15.4 Å². The fourth-order valence-corrected chi connectivity index (χ4v) is 3.84. The largest absolute Gasteiger partial charge is 0.332 e. The Kier molecular flexibility index (Phi) is 5.96. The number of hydrogen-bond donors (Lipinski definition) is 3. The minimum absolute atomic E-state index is 0.179. The Morgan fingerprint density at radius 1 is 0.750 bits per heavy atom. The Hall–Kier alpha value is -2.90. The molecule has 0 fully saturated rings. The molecule has 0 atom stereocenters. The van der Waals surface area contributed by atoms with E-state index in [2.05, 4.69) is 15.4 Å². The van der Waals surface area contributed by atoms with Crippen molar-refractivity contribution in [3.63, 3.8) is 0 Å². The maximum atomic E-state index is 12.6. The van der Waals surface area contributed by atoms with E-state index in [-0.39, 0.29) is 4.90 Å². The molecule has 7 heteroatoms. The van der Waals surface area contributed by atoms with Crippen molar-refractivity contribution in [3.8, 4) is 0 Å². The molecular weight excluding hydrogens is 390 g/mol. The Morgan fingerprint density at radius 2 is 1.32 bits per heavy atom. The second-order valence-corrected chi connectivity index (χ2v) is 8.46. The summed E-state index contributed by atoms with van der Waals surface area (Å²) >= 11 is 5.28. The molecule has 0 saturated carbocycles. The summed E-state index contributed by atoms with van der Waals surface area (Å²) in [4.78, 5) is 0.179. The van der Waals surface area contributed by atoms with E-state index in [0.717, 1.165) is 16.8 Å². The van der Waals surface area contributed by atoms with Crippen LogP contribution in [0.5, 0.6) is 0 Å². The van der Waals surface area contributed by atoms with Crippen LogP contribution in [0, 0.1) is 13.8 Å². The van der Waals surface area contributed by atoms with E-state index in [1.54, 1.807) is 18.2 Å². The number of anilines is 3. The highest BCUT2D eigenvalue weighted by Gasteiger charge is 2.14. The average Bonchev–Trinajstić information content (AvgIpc) is 2.66. The lowest BCUT2D eigenvalue weighted by atomic mass is 10.1. The summed E-state index contributed by atoms with van der Waals surface area (Å²) in [6, 6.07) is 21.4. The molecule has 0 spiro atoms. The summed E-state index contributed by atoms with van der Waals surface area (Å²) in [5.41, 5.74) is 4.24. The van der Waals surface area contributed by atoms with Gasteiger partial charge in [0.1, 0.15) is 0 Å². The third-order valence-electron chi connectivity index (χ3n) is 4.21. The van der Waals surface area contributed by atoms with Gasteiger partial charge in [-0.1, -0.05) is 24.3 Å². The van der Waals surface area contributed by atoms with Crippen molar-refractivity contribution >= 4 is 44.4 Å². The maximum Gasteiger partial charge on any atom is 0.261 e. The van der Waals surface area contributed by atoms with Crippen LogP contribution in [0.15, 0.2) is 77.7 Å². The lowest BCUT2D eigenvalue weighted by Gasteiger charge is -2.12. The van der Waals surface area contributed by atoms with Crippen LogP contribution >= 0.6 is 12.2 Å². The summed E-state index contributed by atoms with van der Waals surface area (Å²) in [7, 11) is -3.66. The third-order valence-corrected chi connectivity index (χ3v) is 5.81. The Bertz CT molecular complexity index is 1080. The van der Waals surface area contributed by atoms with Crippen molar-refractivity contribution in [1.29, 1.82) is 0 Å². The number of thiocarbonyl (C=S) groups is 1. The highest BCUT2D eigenvalue weighted by Crippen LogP contribution is 2.20. The topological polar surface area (TPSA) is 70.2 Å². The zero-order valence-corrected chi connectivity index (χ0v) is 17.2. The van der Waals surface area contributed by atoms with Crippen LogP contribution in [0.2, 0.25) is 0 Å². The van der Waals surface area contributed by atoms with Crippen molar-refractivity contribution in [1.82, 2.24) is 0 Å². The minimum atomic E-state index is -3.66. The molecular formula is C21H21N3O2S2. The van der Waals surface area contributed by atoms with Gasteiger partial charge in [0.15, 0.2) is 5.11 Å².